The minimum Gasteiger partial charge on any atom is -0.344 e. The molecule has 0 aromatic heterocycles. The molecule has 4 nitrogen and oxygen atoms in total. The van der Waals surface area contributed by atoms with Crippen molar-refractivity contribution in [1.29, 1.82) is 0 Å². The van der Waals surface area contributed by atoms with E-state index in [1.54, 1.807) is 0 Å². The number of nitrogens with zero attached hydrogens (tertiary/aromatic N) is 1. The molecule has 1 atom stereocenters. The number of hydrogen-bond acceptors (Lipinski definition) is 2. The van der Waals surface area contributed by atoms with Gasteiger partial charge in [-0.15, -0.1) is 0 Å². The molecule has 2 aromatic rings. The highest BCUT2D eigenvalue weighted by molar-refractivity contribution is 6.03. The fourth-order valence-electron chi connectivity index (χ4n) is 3.54. The van der Waals surface area contributed by atoms with E-state index in [9.17, 15) is 9.59 Å². The molecule has 0 radical (unpaired) electrons. The first-order valence-electron chi connectivity index (χ1n) is 8.02. The highest BCUT2D eigenvalue weighted by Gasteiger charge is 2.34. The van der Waals surface area contributed by atoms with Gasteiger partial charge in [0.15, 0.2) is 0 Å². The molecule has 4 heteroatoms. The second kappa shape index (κ2) is 5.54. The Morgan fingerprint density at radius 1 is 1.04 bits per heavy atom. The van der Waals surface area contributed by atoms with E-state index in [4.69, 9.17) is 0 Å². The van der Waals surface area contributed by atoms with Crippen LogP contribution in [0.5, 0.6) is 0 Å². The Labute approximate surface area is 135 Å². The van der Waals surface area contributed by atoms with Crippen molar-refractivity contribution in [3.05, 3.63) is 54.1 Å². The van der Waals surface area contributed by atoms with Gasteiger partial charge >= 0.3 is 0 Å². The second-order valence-corrected chi connectivity index (χ2v) is 6.07. The molecule has 1 N–H and O–H groups in total. The van der Waals surface area contributed by atoms with E-state index < -0.39 is 0 Å². The minimum absolute atomic E-state index is 0.0137. The van der Waals surface area contributed by atoms with Crippen molar-refractivity contribution in [3.8, 4) is 11.1 Å². The predicted molar refractivity (Wildman–Crippen MR) is 89.1 cm³/mol. The topological polar surface area (TPSA) is 49.4 Å². The third-order valence-corrected chi connectivity index (χ3v) is 4.67. The first-order chi connectivity index (χ1) is 11.2. The molecule has 0 unspecified atom stereocenters. The van der Waals surface area contributed by atoms with Gasteiger partial charge in [0, 0.05) is 18.7 Å². The monoisotopic (exact) mass is 306 g/mol. The molecule has 0 bridgehead atoms. The highest BCUT2D eigenvalue weighted by Crippen LogP contribution is 2.36. The fraction of sp³-hybridized carbons (Fsp3) is 0.263. The van der Waals surface area contributed by atoms with Crippen LogP contribution in [0.1, 0.15) is 18.4 Å². The van der Waals surface area contributed by atoms with Crippen molar-refractivity contribution >= 4 is 17.5 Å². The molecule has 0 saturated carbocycles. The zero-order valence-electron chi connectivity index (χ0n) is 12.8. The van der Waals surface area contributed by atoms with E-state index in [2.05, 4.69) is 23.5 Å². The van der Waals surface area contributed by atoms with Crippen LogP contribution in [0.2, 0.25) is 0 Å². The number of nitrogens with one attached hydrogen (secondary N) is 1. The largest absolute Gasteiger partial charge is 0.344 e. The smallest absolute Gasteiger partial charge is 0.249 e. The summed E-state index contributed by atoms with van der Waals surface area (Å²) in [6, 6.07) is 16.0. The zero-order chi connectivity index (χ0) is 15.8. The summed E-state index contributed by atoms with van der Waals surface area (Å²) >= 11 is 0. The molecule has 0 aliphatic carbocycles. The average Bonchev–Trinajstić information content (AvgIpc) is 3.21. The van der Waals surface area contributed by atoms with E-state index in [0.29, 0.717) is 19.4 Å². The Morgan fingerprint density at radius 3 is 2.61 bits per heavy atom. The fourth-order valence-corrected chi connectivity index (χ4v) is 3.54. The molecule has 116 valence electrons. The van der Waals surface area contributed by atoms with Gasteiger partial charge in [-0.05, 0) is 35.6 Å². The van der Waals surface area contributed by atoms with Gasteiger partial charge in [-0.25, -0.2) is 0 Å². The Morgan fingerprint density at radius 2 is 1.87 bits per heavy atom. The summed E-state index contributed by atoms with van der Waals surface area (Å²) in [5.74, 6) is -0.0133. The van der Waals surface area contributed by atoms with E-state index in [0.717, 1.165) is 12.1 Å². The second-order valence-electron chi connectivity index (χ2n) is 6.07. The van der Waals surface area contributed by atoms with Crippen molar-refractivity contribution in [2.45, 2.75) is 25.3 Å². The average molecular weight is 306 g/mol. The Balaban J connectivity index is 1.67. The molecule has 2 aliphatic heterocycles. The van der Waals surface area contributed by atoms with Crippen molar-refractivity contribution in [1.82, 2.24) is 5.32 Å². The maximum absolute atomic E-state index is 12.7. The number of carbonyl (C=O) groups excluding carboxylic acids is 2. The van der Waals surface area contributed by atoms with E-state index in [1.165, 1.54) is 16.7 Å². The first-order valence-corrected chi connectivity index (χ1v) is 8.02. The predicted octanol–water partition coefficient (Wildman–Crippen LogP) is 2.52. The summed E-state index contributed by atoms with van der Waals surface area (Å²) in [5.41, 5.74) is 4.57. The molecule has 0 spiro atoms. The van der Waals surface area contributed by atoms with Gasteiger partial charge in [0.05, 0.1) is 0 Å². The van der Waals surface area contributed by atoms with E-state index in [1.807, 2.05) is 35.2 Å². The van der Waals surface area contributed by atoms with Crippen LogP contribution in [0.25, 0.3) is 11.1 Å². The third kappa shape index (κ3) is 2.40. The number of anilines is 1. The molecular formula is C19H18N2O2. The number of benzene rings is 2. The first kappa shape index (κ1) is 14.0. The lowest BCUT2D eigenvalue weighted by Crippen LogP contribution is -2.43. The number of rotatable bonds is 2. The minimum atomic E-state index is -0.367. The maximum atomic E-state index is 12.7. The summed E-state index contributed by atoms with van der Waals surface area (Å²) in [7, 11) is 0. The van der Waals surface area contributed by atoms with Crippen LogP contribution >= 0.6 is 0 Å². The number of fused-ring (bicyclic) bond motifs is 1. The molecule has 2 aromatic carbocycles. The van der Waals surface area contributed by atoms with Gasteiger partial charge in [0.25, 0.3) is 0 Å². The maximum Gasteiger partial charge on any atom is 0.249 e. The van der Waals surface area contributed by atoms with Gasteiger partial charge < -0.3 is 10.2 Å². The van der Waals surface area contributed by atoms with Crippen LogP contribution < -0.4 is 10.2 Å². The molecule has 1 fully saturated rings. The van der Waals surface area contributed by atoms with Crippen molar-refractivity contribution in [2.75, 3.05) is 11.4 Å². The van der Waals surface area contributed by atoms with Crippen LogP contribution in [0.4, 0.5) is 5.69 Å². The van der Waals surface area contributed by atoms with Crippen LogP contribution in [-0.4, -0.2) is 24.4 Å². The molecular weight excluding hydrogens is 288 g/mol. The highest BCUT2D eigenvalue weighted by atomic mass is 16.2. The van der Waals surface area contributed by atoms with Crippen LogP contribution in [-0.2, 0) is 16.0 Å². The third-order valence-electron chi connectivity index (χ3n) is 4.67. The lowest BCUT2D eigenvalue weighted by Gasteiger charge is -2.21. The number of hydrogen-bond donors (Lipinski definition) is 1. The summed E-state index contributed by atoms with van der Waals surface area (Å²) < 4.78 is 0. The van der Waals surface area contributed by atoms with Crippen LogP contribution in [0, 0.1) is 0 Å². The van der Waals surface area contributed by atoms with E-state index >= 15 is 0 Å². The normalized spacial score (nSPS) is 19.6. The van der Waals surface area contributed by atoms with E-state index in [-0.39, 0.29) is 17.9 Å². The lowest BCUT2D eigenvalue weighted by atomic mass is 9.98. The number of amides is 2. The quantitative estimate of drug-likeness (QED) is 0.927. The SMILES string of the molecule is O=C1CC[C@H](C(=O)N2CCc3c(-c4ccccc4)cccc32)N1. The number of carbonyl (C=O) groups is 2. The van der Waals surface area contributed by atoms with Crippen LogP contribution in [0.3, 0.4) is 0 Å². The zero-order valence-corrected chi connectivity index (χ0v) is 12.8. The standard InChI is InChI=1S/C19H18N2O2/c22-18-10-9-16(20-18)19(23)21-12-11-15-14(7-4-8-17(15)21)13-5-2-1-3-6-13/h1-8,16H,9-12H2,(H,20,22)/t16-/m1/s1. The van der Waals surface area contributed by atoms with Crippen molar-refractivity contribution < 1.29 is 9.59 Å². The van der Waals surface area contributed by atoms with Gasteiger partial charge in [-0.3, -0.25) is 9.59 Å². The van der Waals surface area contributed by atoms with Crippen LogP contribution in [0.15, 0.2) is 48.5 Å². The van der Waals surface area contributed by atoms with Crippen molar-refractivity contribution in [2.24, 2.45) is 0 Å². The summed E-state index contributed by atoms with van der Waals surface area (Å²) in [6.07, 6.45) is 1.90. The molecule has 2 heterocycles. The summed E-state index contributed by atoms with van der Waals surface area (Å²) in [4.78, 5) is 25.9. The summed E-state index contributed by atoms with van der Waals surface area (Å²) in [6.45, 7) is 0.685. The van der Waals surface area contributed by atoms with Gasteiger partial charge in [-0.1, -0.05) is 42.5 Å². The summed E-state index contributed by atoms with van der Waals surface area (Å²) in [5, 5.41) is 2.78. The molecule has 2 aliphatic rings. The molecule has 4 rings (SSSR count). The lowest BCUT2D eigenvalue weighted by molar-refractivity contribution is -0.124. The van der Waals surface area contributed by atoms with Gasteiger partial charge in [0.2, 0.25) is 11.8 Å². The Bertz CT molecular complexity index is 770. The van der Waals surface area contributed by atoms with Crippen molar-refractivity contribution in [3.63, 3.8) is 0 Å². The molecule has 1 saturated heterocycles. The van der Waals surface area contributed by atoms with Gasteiger partial charge in [-0.2, -0.15) is 0 Å². The van der Waals surface area contributed by atoms with Gasteiger partial charge in [0.1, 0.15) is 6.04 Å². The molecule has 23 heavy (non-hydrogen) atoms. The Hall–Kier alpha value is -2.62. The molecule has 2 amide bonds. The Kier molecular flexibility index (Phi) is 3.37.